The van der Waals surface area contributed by atoms with Crippen LogP contribution in [0.4, 0.5) is 35.5 Å². The van der Waals surface area contributed by atoms with Gasteiger partial charge in [0.25, 0.3) is 0 Å². The Labute approximate surface area is 238 Å². The number of alkyl halides is 6. The largest absolute Gasteiger partial charge is 0.480 e. The molecule has 4 atom stereocenters. The number of carbonyl (C=O) groups excluding carboxylic acids is 1. The number of amides is 2. The third kappa shape index (κ3) is 6.06. The van der Waals surface area contributed by atoms with Crippen LogP contribution in [0.3, 0.4) is 0 Å². The van der Waals surface area contributed by atoms with Gasteiger partial charge >= 0.3 is 24.4 Å². The lowest BCUT2D eigenvalue weighted by molar-refractivity contribution is -0.144. The van der Waals surface area contributed by atoms with E-state index in [2.05, 4.69) is 5.32 Å². The summed E-state index contributed by atoms with van der Waals surface area (Å²) in [6.07, 6.45) is -8.59. The maximum absolute atomic E-state index is 14.0. The van der Waals surface area contributed by atoms with Crippen molar-refractivity contribution in [2.24, 2.45) is 0 Å². The van der Waals surface area contributed by atoms with Crippen molar-refractivity contribution in [3.63, 3.8) is 0 Å². The summed E-state index contributed by atoms with van der Waals surface area (Å²) in [6.45, 7) is 4.71. The van der Waals surface area contributed by atoms with Gasteiger partial charge in [-0.3, -0.25) is 10.1 Å². The first-order chi connectivity index (χ1) is 19.3. The quantitative estimate of drug-likeness (QED) is 0.366. The number of halogens is 7. The molecule has 0 unspecified atom stereocenters. The summed E-state index contributed by atoms with van der Waals surface area (Å²) in [5, 5.41) is 13.0. The van der Waals surface area contributed by atoms with Crippen LogP contribution in [0.2, 0.25) is 0 Å². The van der Waals surface area contributed by atoms with Crippen molar-refractivity contribution < 1.29 is 45.4 Å². The Morgan fingerprint density at radius 3 is 2.12 bits per heavy atom. The normalized spacial score (nSPS) is 25.5. The number of carboxylic acids is 1. The first-order valence-corrected chi connectivity index (χ1v) is 13.4. The third-order valence-electron chi connectivity index (χ3n) is 8.72. The van der Waals surface area contributed by atoms with E-state index in [4.69, 9.17) is 0 Å². The number of hydrogen-bond donors (Lipinski definition) is 2. The van der Waals surface area contributed by atoms with Gasteiger partial charge in [0.2, 0.25) is 0 Å². The van der Waals surface area contributed by atoms with Crippen molar-refractivity contribution in [1.29, 1.82) is 0 Å². The first kappa shape index (κ1) is 31.6. The molecule has 230 valence electrons. The smallest absolute Gasteiger partial charge is 0.416 e. The molecule has 0 aliphatic carbocycles. The fourth-order valence-electron chi connectivity index (χ4n) is 6.11. The molecule has 6 nitrogen and oxygen atoms in total. The summed E-state index contributed by atoms with van der Waals surface area (Å²) < 4.78 is 94.9. The van der Waals surface area contributed by atoms with Gasteiger partial charge in [-0.25, -0.2) is 9.18 Å². The van der Waals surface area contributed by atoms with Crippen LogP contribution in [0.15, 0.2) is 36.4 Å². The van der Waals surface area contributed by atoms with E-state index < -0.39 is 64.5 Å². The van der Waals surface area contributed by atoms with Crippen molar-refractivity contribution in [1.82, 2.24) is 15.1 Å². The third-order valence-corrected chi connectivity index (χ3v) is 8.72. The lowest BCUT2D eigenvalue weighted by Gasteiger charge is -2.48. The zero-order valence-corrected chi connectivity index (χ0v) is 23.5. The maximum Gasteiger partial charge on any atom is 0.416 e. The highest BCUT2D eigenvalue weighted by Gasteiger charge is 2.53. The van der Waals surface area contributed by atoms with Crippen molar-refractivity contribution in [3.8, 4) is 0 Å². The van der Waals surface area contributed by atoms with Crippen LogP contribution < -0.4 is 5.32 Å². The first-order valence-electron chi connectivity index (χ1n) is 13.4. The number of urea groups is 1. The molecule has 0 aromatic heterocycles. The number of rotatable bonds is 4. The minimum atomic E-state index is -5.04. The molecule has 2 N–H and O–H groups in total. The summed E-state index contributed by atoms with van der Waals surface area (Å²) in [4.78, 5) is 28.4. The highest BCUT2D eigenvalue weighted by Crippen LogP contribution is 2.46. The molecule has 13 heteroatoms. The fourth-order valence-corrected chi connectivity index (χ4v) is 6.11. The standard InChI is InChI=1S/C29H32F7N3O3/c1-16-11-21(30)5-6-22(16)23-15-27(8-7-26(3,37-27)24(40)41)9-10-39(23)25(42)38(4)17(2)18-12-19(28(31,32)33)14-20(13-18)29(34,35)36/h5-6,11-14,17,23,37H,7-10,15H2,1-4H3,(H,40,41)/t17-,23-,26-,27+/m1/s1. The van der Waals surface area contributed by atoms with Crippen molar-refractivity contribution >= 4 is 12.0 Å². The molecule has 2 fully saturated rings. The van der Waals surface area contributed by atoms with Gasteiger partial charge in [0, 0.05) is 19.1 Å². The van der Waals surface area contributed by atoms with E-state index in [1.165, 1.54) is 37.1 Å². The Balaban J connectivity index is 1.69. The van der Waals surface area contributed by atoms with Gasteiger partial charge < -0.3 is 14.9 Å². The number of hydrogen-bond acceptors (Lipinski definition) is 3. The molecule has 0 bridgehead atoms. The molecule has 0 radical (unpaired) electrons. The Morgan fingerprint density at radius 1 is 1.02 bits per heavy atom. The Kier molecular flexibility index (Phi) is 8.07. The van der Waals surface area contributed by atoms with Gasteiger partial charge in [-0.15, -0.1) is 0 Å². The molecule has 2 aliphatic heterocycles. The minimum Gasteiger partial charge on any atom is -0.480 e. The number of piperidine rings is 1. The molecule has 2 aliphatic rings. The van der Waals surface area contributed by atoms with E-state index >= 15 is 0 Å². The van der Waals surface area contributed by atoms with E-state index in [0.29, 0.717) is 42.5 Å². The van der Waals surface area contributed by atoms with Gasteiger partial charge in [-0.2, -0.15) is 26.3 Å². The second-order valence-corrected chi connectivity index (χ2v) is 11.6. The zero-order valence-electron chi connectivity index (χ0n) is 23.5. The Bertz CT molecular complexity index is 1350. The highest BCUT2D eigenvalue weighted by atomic mass is 19.4. The van der Waals surface area contributed by atoms with Crippen LogP contribution in [0.1, 0.15) is 79.4 Å². The lowest BCUT2D eigenvalue weighted by Crippen LogP contribution is -2.59. The predicted molar refractivity (Wildman–Crippen MR) is 139 cm³/mol. The zero-order chi connectivity index (χ0) is 31.4. The molecule has 2 saturated heterocycles. The van der Waals surface area contributed by atoms with Crippen molar-refractivity contribution in [2.75, 3.05) is 13.6 Å². The van der Waals surface area contributed by atoms with Crippen molar-refractivity contribution in [3.05, 3.63) is 70.0 Å². The molecule has 0 saturated carbocycles. The van der Waals surface area contributed by atoms with Gasteiger partial charge in [0.15, 0.2) is 0 Å². The number of nitrogens with one attached hydrogen (secondary N) is 1. The van der Waals surface area contributed by atoms with Crippen LogP contribution in [0.25, 0.3) is 0 Å². The van der Waals surface area contributed by atoms with Gasteiger partial charge in [-0.1, -0.05) is 6.07 Å². The molecule has 2 aromatic carbocycles. The predicted octanol–water partition coefficient (Wildman–Crippen LogP) is 7.09. The van der Waals surface area contributed by atoms with Gasteiger partial charge in [0.05, 0.1) is 23.2 Å². The molecule has 2 amide bonds. The average molecular weight is 604 g/mol. The molecule has 4 rings (SSSR count). The van der Waals surface area contributed by atoms with Gasteiger partial charge in [-0.05, 0) is 93.5 Å². The van der Waals surface area contributed by atoms with Crippen LogP contribution in [0, 0.1) is 12.7 Å². The molecule has 42 heavy (non-hydrogen) atoms. The molecule has 2 heterocycles. The summed E-state index contributed by atoms with van der Waals surface area (Å²) in [5.74, 6) is -1.51. The molecule has 1 spiro atoms. The SMILES string of the molecule is Cc1cc(F)ccc1[C@H]1C[C@@]2(CCN1C(=O)N(C)[C@H](C)c1cc(C(F)(F)F)cc(C(F)(F)F)c1)CC[C@](C)(C(=O)O)N2. The van der Waals surface area contributed by atoms with Gasteiger partial charge in [0.1, 0.15) is 11.4 Å². The van der Waals surface area contributed by atoms with Crippen molar-refractivity contribution in [2.45, 2.75) is 82.0 Å². The van der Waals surface area contributed by atoms with E-state index in [-0.39, 0.29) is 24.6 Å². The number of benzene rings is 2. The van der Waals surface area contributed by atoms with E-state index in [9.17, 15) is 45.4 Å². The summed E-state index contributed by atoms with van der Waals surface area (Å²) in [5.41, 5.74) is -3.99. The number of carbonyl (C=O) groups is 2. The van der Waals surface area contributed by atoms with E-state index in [0.717, 1.165) is 4.90 Å². The fraction of sp³-hybridized carbons (Fsp3) is 0.517. The summed E-state index contributed by atoms with van der Waals surface area (Å²) in [6, 6.07) is 2.83. The number of carboxylic acid groups (broad SMARTS) is 1. The number of aryl methyl sites for hydroxylation is 1. The minimum absolute atomic E-state index is 0.0367. The van der Waals surface area contributed by atoms with E-state index in [1.54, 1.807) is 13.8 Å². The molecular formula is C29H32F7N3O3. The summed E-state index contributed by atoms with van der Waals surface area (Å²) in [7, 11) is 1.30. The highest BCUT2D eigenvalue weighted by molar-refractivity contribution is 5.79. The summed E-state index contributed by atoms with van der Waals surface area (Å²) >= 11 is 0. The van der Waals surface area contributed by atoms with Crippen LogP contribution in [-0.2, 0) is 17.1 Å². The van der Waals surface area contributed by atoms with Crippen LogP contribution >= 0.6 is 0 Å². The molecule has 2 aromatic rings. The second kappa shape index (κ2) is 10.7. The lowest BCUT2D eigenvalue weighted by atomic mass is 9.79. The average Bonchev–Trinajstić information content (AvgIpc) is 3.23. The topological polar surface area (TPSA) is 72.9 Å². The number of nitrogens with zero attached hydrogens (tertiary/aromatic N) is 2. The maximum atomic E-state index is 14.0. The molecular weight excluding hydrogens is 571 g/mol. The number of aliphatic carboxylic acids is 1. The monoisotopic (exact) mass is 603 g/mol. The van der Waals surface area contributed by atoms with Crippen LogP contribution in [-0.4, -0.2) is 51.6 Å². The Morgan fingerprint density at radius 2 is 1.62 bits per heavy atom. The Hall–Kier alpha value is -3.35. The van der Waals surface area contributed by atoms with Crippen LogP contribution in [0.5, 0.6) is 0 Å². The van der Waals surface area contributed by atoms with E-state index in [1.807, 2.05) is 0 Å². The second-order valence-electron chi connectivity index (χ2n) is 11.6. The number of likely N-dealkylation sites (tertiary alicyclic amines) is 1.